The SMILES string of the molecule is Cn1ncc2c(=O)cc(C(F)F)[nH]c21. The molecule has 0 aromatic carbocycles. The predicted octanol–water partition coefficient (Wildman–Crippen LogP) is 1.20. The number of alkyl halides is 2. The Morgan fingerprint density at radius 1 is 1.57 bits per heavy atom. The average Bonchev–Trinajstić information content (AvgIpc) is 2.48. The van der Waals surface area contributed by atoms with Gasteiger partial charge in [0.25, 0.3) is 6.43 Å². The van der Waals surface area contributed by atoms with Crippen LogP contribution in [0.1, 0.15) is 12.1 Å². The molecule has 0 aliphatic rings. The summed E-state index contributed by atoms with van der Waals surface area (Å²) >= 11 is 0. The highest BCUT2D eigenvalue weighted by atomic mass is 19.3. The maximum Gasteiger partial charge on any atom is 0.278 e. The number of hydrogen-bond acceptors (Lipinski definition) is 2. The third-order valence-electron chi connectivity index (χ3n) is 1.99. The second-order valence-electron chi connectivity index (χ2n) is 2.92. The molecule has 0 atom stereocenters. The van der Waals surface area contributed by atoms with E-state index in [4.69, 9.17) is 0 Å². The number of nitrogens with zero attached hydrogens (tertiary/aromatic N) is 2. The Morgan fingerprint density at radius 2 is 2.29 bits per heavy atom. The van der Waals surface area contributed by atoms with Crippen LogP contribution in [0.4, 0.5) is 8.78 Å². The van der Waals surface area contributed by atoms with Gasteiger partial charge in [-0.2, -0.15) is 5.10 Å². The Hall–Kier alpha value is -1.72. The predicted molar refractivity (Wildman–Crippen MR) is 46.3 cm³/mol. The summed E-state index contributed by atoms with van der Waals surface area (Å²) in [5.41, 5.74) is -0.513. The monoisotopic (exact) mass is 199 g/mol. The fraction of sp³-hybridized carbons (Fsp3) is 0.250. The summed E-state index contributed by atoms with van der Waals surface area (Å²) in [5.74, 6) is 0. The number of hydrogen-bond donors (Lipinski definition) is 1. The van der Waals surface area contributed by atoms with E-state index in [0.29, 0.717) is 11.0 Å². The topological polar surface area (TPSA) is 50.7 Å². The lowest BCUT2D eigenvalue weighted by Gasteiger charge is -2.00. The average molecular weight is 199 g/mol. The molecule has 6 heteroatoms. The summed E-state index contributed by atoms with van der Waals surface area (Å²) in [6.45, 7) is 0. The molecule has 4 nitrogen and oxygen atoms in total. The van der Waals surface area contributed by atoms with Crippen molar-refractivity contribution in [2.24, 2.45) is 7.05 Å². The van der Waals surface area contributed by atoms with Crippen molar-refractivity contribution in [1.82, 2.24) is 14.8 Å². The summed E-state index contributed by atoms with van der Waals surface area (Å²) in [5, 5.41) is 4.11. The standard InChI is InChI=1S/C8H7F2N3O/c1-13-8-4(3-11-13)6(14)2-5(12-8)7(9)10/h2-3,7H,1H3,(H,12,14). The van der Waals surface area contributed by atoms with E-state index in [1.807, 2.05) is 0 Å². The summed E-state index contributed by atoms with van der Waals surface area (Å²) < 4.78 is 26.0. The molecular weight excluding hydrogens is 192 g/mol. The van der Waals surface area contributed by atoms with Crippen molar-refractivity contribution in [3.05, 3.63) is 28.2 Å². The highest BCUT2D eigenvalue weighted by molar-refractivity contribution is 5.74. The van der Waals surface area contributed by atoms with Crippen molar-refractivity contribution in [2.75, 3.05) is 0 Å². The van der Waals surface area contributed by atoms with Gasteiger partial charge in [-0.15, -0.1) is 0 Å². The number of aromatic amines is 1. The van der Waals surface area contributed by atoms with Gasteiger partial charge in [0.15, 0.2) is 5.43 Å². The van der Waals surface area contributed by atoms with Crippen molar-refractivity contribution in [3.8, 4) is 0 Å². The van der Waals surface area contributed by atoms with Crippen molar-refractivity contribution < 1.29 is 8.78 Å². The molecule has 2 rings (SSSR count). The molecule has 0 spiro atoms. The third kappa shape index (κ3) is 1.19. The van der Waals surface area contributed by atoms with E-state index in [1.54, 1.807) is 7.05 Å². The van der Waals surface area contributed by atoms with Gasteiger partial charge in [-0.25, -0.2) is 8.78 Å². The molecule has 0 bridgehead atoms. The van der Waals surface area contributed by atoms with Crippen LogP contribution < -0.4 is 5.43 Å². The number of pyridine rings is 1. The van der Waals surface area contributed by atoms with Crippen molar-refractivity contribution in [1.29, 1.82) is 0 Å². The van der Waals surface area contributed by atoms with Crippen LogP contribution in [0.5, 0.6) is 0 Å². The number of halogens is 2. The van der Waals surface area contributed by atoms with Gasteiger partial charge in [0.2, 0.25) is 0 Å². The summed E-state index contributed by atoms with van der Waals surface area (Å²) in [6, 6.07) is 0.897. The van der Waals surface area contributed by atoms with Gasteiger partial charge in [0.1, 0.15) is 5.65 Å². The Balaban J connectivity index is 2.82. The highest BCUT2D eigenvalue weighted by Crippen LogP contribution is 2.16. The van der Waals surface area contributed by atoms with Crippen LogP contribution in [0.25, 0.3) is 11.0 Å². The molecule has 1 N–H and O–H groups in total. The first kappa shape index (κ1) is 8.86. The van der Waals surface area contributed by atoms with Gasteiger partial charge < -0.3 is 4.98 Å². The van der Waals surface area contributed by atoms with Crippen LogP contribution in [-0.4, -0.2) is 14.8 Å². The Labute approximate surface area is 77.2 Å². The van der Waals surface area contributed by atoms with Crippen molar-refractivity contribution in [2.45, 2.75) is 6.43 Å². The molecule has 0 aliphatic heterocycles. The first-order chi connectivity index (χ1) is 6.59. The van der Waals surface area contributed by atoms with Crippen LogP contribution in [0.2, 0.25) is 0 Å². The lowest BCUT2D eigenvalue weighted by Crippen LogP contribution is -2.05. The molecule has 2 aromatic heterocycles. The zero-order chi connectivity index (χ0) is 10.3. The molecule has 0 saturated carbocycles. The van der Waals surface area contributed by atoms with Gasteiger partial charge in [0, 0.05) is 13.1 Å². The highest BCUT2D eigenvalue weighted by Gasteiger charge is 2.12. The van der Waals surface area contributed by atoms with E-state index in [0.717, 1.165) is 6.07 Å². The lowest BCUT2D eigenvalue weighted by molar-refractivity contribution is 0.146. The van der Waals surface area contributed by atoms with Crippen LogP contribution >= 0.6 is 0 Å². The smallest absolute Gasteiger partial charge is 0.278 e. The summed E-state index contributed by atoms with van der Waals surface area (Å²) in [7, 11) is 1.58. The van der Waals surface area contributed by atoms with E-state index in [-0.39, 0.29) is 5.69 Å². The van der Waals surface area contributed by atoms with Crippen LogP contribution in [0.15, 0.2) is 17.1 Å². The van der Waals surface area contributed by atoms with Gasteiger partial charge in [-0.3, -0.25) is 9.48 Å². The minimum absolute atomic E-state index is 0.313. The normalized spacial score (nSPS) is 11.4. The van der Waals surface area contributed by atoms with E-state index < -0.39 is 11.9 Å². The number of aryl methyl sites for hydroxylation is 1. The van der Waals surface area contributed by atoms with Gasteiger partial charge in [0.05, 0.1) is 17.3 Å². The quantitative estimate of drug-likeness (QED) is 0.750. The first-order valence-electron chi connectivity index (χ1n) is 3.92. The van der Waals surface area contributed by atoms with E-state index >= 15 is 0 Å². The first-order valence-corrected chi connectivity index (χ1v) is 3.92. The molecular formula is C8H7F2N3O. The minimum atomic E-state index is -2.68. The van der Waals surface area contributed by atoms with Gasteiger partial charge in [-0.1, -0.05) is 0 Å². The van der Waals surface area contributed by atoms with Crippen LogP contribution in [-0.2, 0) is 7.05 Å². The largest absolute Gasteiger partial charge is 0.338 e. The molecule has 0 saturated heterocycles. The van der Waals surface area contributed by atoms with Crippen molar-refractivity contribution in [3.63, 3.8) is 0 Å². The van der Waals surface area contributed by atoms with Gasteiger partial charge >= 0.3 is 0 Å². The molecule has 0 radical (unpaired) electrons. The molecule has 0 unspecified atom stereocenters. The molecule has 0 amide bonds. The number of aromatic nitrogens is 3. The Bertz CT molecular complexity index is 529. The minimum Gasteiger partial charge on any atom is -0.338 e. The maximum absolute atomic E-state index is 12.3. The molecule has 0 aliphatic carbocycles. The molecule has 2 aromatic rings. The number of rotatable bonds is 1. The fourth-order valence-corrected chi connectivity index (χ4v) is 1.28. The van der Waals surface area contributed by atoms with Crippen LogP contribution in [0, 0.1) is 0 Å². The fourth-order valence-electron chi connectivity index (χ4n) is 1.28. The zero-order valence-electron chi connectivity index (χ0n) is 7.29. The zero-order valence-corrected chi connectivity index (χ0v) is 7.29. The summed E-state index contributed by atoms with van der Waals surface area (Å²) in [4.78, 5) is 13.8. The van der Waals surface area contributed by atoms with E-state index in [2.05, 4.69) is 10.1 Å². The number of H-pyrrole nitrogens is 1. The maximum atomic E-state index is 12.3. The lowest BCUT2D eigenvalue weighted by atomic mass is 10.3. The molecule has 0 fully saturated rings. The third-order valence-corrected chi connectivity index (χ3v) is 1.99. The number of nitrogens with one attached hydrogen (secondary N) is 1. The van der Waals surface area contributed by atoms with Crippen LogP contribution in [0.3, 0.4) is 0 Å². The second-order valence-corrected chi connectivity index (χ2v) is 2.92. The van der Waals surface area contributed by atoms with E-state index in [9.17, 15) is 13.6 Å². The Kier molecular flexibility index (Phi) is 1.83. The summed E-state index contributed by atoms with van der Waals surface area (Å²) in [6.07, 6.45) is -1.33. The van der Waals surface area contributed by atoms with E-state index in [1.165, 1.54) is 10.9 Å². The van der Waals surface area contributed by atoms with Gasteiger partial charge in [-0.05, 0) is 0 Å². The Morgan fingerprint density at radius 3 is 2.93 bits per heavy atom. The second kappa shape index (κ2) is 2.90. The molecule has 74 valence electrons. The van der Waals surface area contributed by atoms with Crippen molar-refractivity contribution >= 4 is 11.0 Å². The molecule has 14 heavy (non-hydrogen) atoms. The number of fused-ring (bicyclic) bond motifs is 1. The molecule has 2 heterocycles.